The Morgan fingerprint density at radius 1 is 1.28 bits per heavy atom. The fraction of sp³-hybridized carbons (Fsp3) is 0.783. The first-order chi connectivity index (χ1) is 13.7. The predicted octanol–water partition coefficient (Wildman–Crippen LogP) is 3.83. The minimum Gasteiger partial charge on any atom is -0.354 e. The van der Waals surface area contributed by atoms with Crippen LogP contribution >= 0.6 is 0 Å². The van der Waals surface area contributed by atoms with Crippen LogP contribution in [0.15, 0.2) is 29.2 Å². The highest BCUT2D eigenvalue weighted by atomic mass is 16.5. The molecule has 2 unspecified atom stereocenters. The minimum absolute atomic E-state index is 0.272. The SMILES string of the molecule is C=CN(CC)/C(=C(/C)C(C)(OC)N(C)/N=C\CC)C(C)N1CCC(N(C)C)CC1. The molecule has 1 saturated heterocycles. The summed E-state index contributed by atoms with van der Waals surface area (Å²) in [5.74, 6) is 0. The van der Waals surface area contributed by atoms with E-state index in [9.17, 15) is 0 Å². The Morgan fingerprint density at radius 2 is 1.86 bits per heavy atom. The largest absolute Gasteiger partial charge is 0.354 e. The Bertz CT molecular complexity index is 566. The molecule has 6 nitrogen and oxygen atoms in total. The van der Waals surface area contributed by atoms with E-state index in [-0.39, 0.29) is 6.04 Å². The van der Waals surface area contributed by atoms with Crippen molar-refractivity contribution in [2.24, 2.45) is 5.10 Å². The molecule has 1 rings (SSSR count). The van der Waals surface area contributed by atoms with Gasteiger partial charge in [0, 0.05) is 63.4 Å². The molecule has 1 heterocycles. The zero-order chi connectivity index (χ0) is 22.2. The maximum absolute atomic E-state index is 6.03. The Morgan fingerprint density at radius 3 is 2.28 bits per heavy atom. The van der Waals surface area contributed by atoms with E-state index in [1.165, 1.54) is 24.1 Å². The van der Waals surface area contributed by atoms with Crippen LogP contribution in [0.5, 0.6) is 0 Å². The van der Waals surface area contributed by atoms with E-state index in [0.29, 0.717) is 6.04 Å². The van der Waals surface area contributed by atoms with Crippen molar-refractivity contribution in [3.8, 4) is 0 Å². The second-order valence-electron chi connectivity index (χ2n) is 8.30. The zero-order valence-electron chi connectivity index (χ0n) is 20.4. The lowest BCUT2D eigenvalue weighted by Crippen LogP contribution is -2.50. The van der Waals surface area contributed by atoms with Crippen LogP contribution in [0.1, 0.15) is 53.9 Å². The molecular weight excluding hydrogens is 362 g/mol. The lowest BCUT2D eigenvalue weighted by Gasteiger charge is -2.44. The van der Waals surface area contributed by atoms with Gasteiger partial charge in [-0.2, -0.15) is 5.10 Å². The summed E-state index contributed by atoms with van der Waals surface area (Å²) in [6.07, 6.45) is 7.15. The molecular formula is C23H45N5O. The fourth-order valence-electron chi connectivity index (χ4n) is 4.21. The Balaban J connectivity index is 3.31. The smallest absolute Gasteiger partial charge is 0.176 e. The maximum atomic E-state index is 6.03. The third-order valence-corrected chi connectivity index (χ3v) is 6.58. The summed E-state index contributed by atoms with van der Waals surface area (Å²) in [6, 6.07) is 0.946. The molecule has 2 atom stereocenters. The first kappa shape index (κ1) is 25.7. The summed E-state index contributed by atoms with van der Waals surface area (Å²) in [4.78, 5) is 7.21. The van der Waals surface area contributed by atoms with Crippen LogP contribution in [0, 0.1) is 0 Å². The molecule has 0 aliphatic carbocycles. The highest BCUT2D eigenvalue weighted by Gasteiger charge is 2.37. The topological polar surface area (TPSA) is 34.6 Å². The second kappa shape index (κ2) is 11.7. The highest BCUT2D eigenvalue weighted by molar-refractivity contribution is 5.56. The van der Waals surface area contributed by atoms with Gasteiger partial charge in [-0.15, -0.1) is 0 Å². The van der Waals surface area contributed by atoms with Gasteiger partial charge in [0.15, 0.2) is 5.72 Å². The van der Waals surface area contributed by atoms with Gasteiger partial charge in [-0.1, -0.05) is 13.5 Å². The number of nitrogens with zero attached hydrogens (tertiary/aromatic N) is 5. The third-order valence-electron chi connectivity index (χ3n) is 6.58. The normalized spacial score (nSPS) is 20.5. The van der Waals surface area contributed by atoms with Crippen molar-refractivity contribution in [1.29, 1.82) is 0 Å². The molecule has 1 aliphatic rings. The van der Waals surface area contributed by atoms with Crippen LogP contribution in [0.4, 0.5) is 0 Å². The van der Waals surface area contributed by atoms with Crippen LogP contribution in [0.3, 0.4) is 0 Å². The molecule has 0 bridgehead atoms. The molecule has 1 fully saturated rings. The number of ether oxygens (including phenoxy) is 1. The monoisotopic (exact) mass is 407 g/mol. The molecule has 6 heteroatoms. The Hall–Kier alpha value is -1.37. The standard InChI is InChI=1S/C23H45N5O/c1-11-16-24-26(9)23(6,29-10)19(4)22(27(12-2)13-3)20(5)28-17-14-21(15-18-28)25(7)8/h12,16,20-21H,2,11,13-15,17-18H2,1,3-10H3/b22-19-,24-16-. The van der Waals surface area contributed by atoms with Gasteiger partial charge >= 0.3 is 0 Å². The fourth-order valence-corrected chi connectivity index (χ4v) is 4.21. The molecule has 0 aromatic heterocycles. The number of methoxy groups -OCH3 is 1. The zero-order valence-corrected chi connectivity index (χ0v) is 20.4. The van der Waals surface area contributed by atoms with Crippen LogP contribution in [-0.4, -0.2) is 91.6 Å². The molecule has 0 N–H and O–H groups in total. The molecule has 0 aromatic rings. The van der Waals surface area contributed by atoms with E-state index in [1.807, 2.05) is 24.5 Å². The summed E-state index contributed by atoms with van der Waals surface area (Å²) < 4.78 is 6.03. The van der Waals surface area contributed by atoms with Gasteiger partial charge in [0.05, 0.1) is 0 Å². The quantitative estimate of drug-likeness (QED) is 0.295. The van der Waals surface area contributed by atoms with E-state index in [0.717, 1.165) is 26.1 Å². The second-order valence-corrected chi connectivity index (χ2v) is 8.30. The van der Waals surface area contributed by atoms with Crippen molar-refractivity contribution in [2.45, 2.75) is 71.7 Å². The number of piperidine rings is 1. The predicted molar refractivity (Wildman–Crippen MR) is 125 cm³/mol. The number of hydrogen-bond acceptors (Lipinski definition) is 6. The van der Waals surface area contributed by atoms with Gasteiger partial charge in [-0.25, -0.2) is 0 Å². The van der Waals surface area contributed by atoms with Gasteiger partial charge in [0.2, 0.25) is 0 Å². The summed E-state index contributed by atoms with van der Waals surface area (Å²) in [5, 5.41) is 6.51. The van der Waals surface area contributed by atoms with Crippen LogP contribution < -0.4 is 0 Å². The lowest BCUT2D eigenvalue weighted by atomic mass is 9.95. The molecule has 0 amide bonds. The summed E-state index contributed by atoms with van der Waals surface area (Å²) >= 11 is 0. The average Bonchev–Trinajstić information content (AvgIpc) is 2.74. The molecule has 0 spiro atoms. The van der Waals surface area contributed by atoms with Crippen molar-refractivity contribution in [2.75, 3.05) is 47.9 Å². The van der Waals surface area contributed by atoms with E-state index in [4.69, 9.17) is 4.74 Å². The van der Waals surface area contributed by atoms with Crippen LogP contribution in [-0.2, 0) is 4.74 Å². The minimum atomic E-state index is -0.631. The van der Waals surface area contributed by atoms with Gasteiger partial charge in [0.1, 0.15) is 0 Å². The molecule has 0 aromatic carbocycles. The number of rotatable bonds is 11. The molecule has 168 valence electrons. The first-order valence-electron chi connectivity index (χ1n) is 11.0. The number of hydrogen-bond donors (Lipinski definition) is 0. The molecule has 0 radical (unpaired) electrons. The Kier molecular flexibility index (Phi) is 10.4. The summed E-state index contributed by atoms with van der Waals surface area (Å²) in [7, 11) is 8.11. The van der Waals surface area contributed by atoms with Gasteiger partial charge in [-0.3, -0.25) is 9.91 Å². The van der Waals surface area contributed by atoms with Crippen LogP contribution in [0.25, 0.3) is 0 Å². The van der Waals surface area contributed by atoms with Gasteiger partial charge < -0.3 is 14.5 Å². The van der Waals surface area contributed by atoms with E-state index >= 15 is 0 Å². The van der Waals surface area contributed by atoms with Crippen molar-refractivity contribution in [1.82, 2.24) is 19.7 Å². The number of likely N-dealkylation sites (N-methyl/N-ethyl adjacent to an activating group) is 2. The lowest BCUT2D eigenvalue weighted by molar-refractivity contribution is -0.0826. The van der Waals surface area contributed by atoms with Crippen molar-refractivity contribution in [3.63, 3.8) is 0 Å². The molecule has 0 saturated carbocycles. The summed E-state index contributed by atoms with van der Waals surface area (Å²) in [6.45, 7) is 18.0. The molecule has 1 aliphatic heterocycles. The highest BCUT2D eigenvalue weighted by Crippen LogP contribution is 2.32. The van der Waals surface area contributed by atoms with Crippen molar-refractivity contribution in [3.05, 3.63) is 24.0 Å². The van der Waals surface area contributed by atoms with Crippen molar-refractivity contribution < 1.29 is 4.74 Å². The average molecular weight is 408 g/mol. The van der Waals surface area contributed by atoms with Crippen LogP contribution in [0.2, 0.25) is 0 Å². The van der Waals surface area contributed by atoms with E-state index < -0.39 is 5.72 Å². The number of hydrazone groups is 1. The van der Waals surface area contributed by atoms with E-state index in [1.54, 1.807) is 7.11 Å². The van der Waals surface area contributed by atoms with E-state index in [2.05, 4.69) is 75.1 Å². The first-order valence-corrected chi connectivity index (χ1v) is 11.0. The number of likely N-dealkylation sites (tertiary alicyclic amines) is 1. The maximum Gasteiger partial charge on any atom is 0.176 e. The van der Waals surface area contributed by atoms with Gasteiger partial charge in [0.25, 0.3) is 0 Å². The van der Waals surface area contributed by atoms with Crippen molar-refractivity contribution >= 4 is 6.21 Å². The third kappa shape index (κ3) is 6.06. The molecule has 29 heavy (non-hydrogen) atoms. The summed E-state index contributed by atoms with van der Waals surface area (Å²) in [5.41, 5.74) is 1.79. The Labute approximate surface area is 179 Å². The van der Waals surface area contributed by atoms with Gasteiger partial charge in [-0.05, 0) is 67.3 Å².